The van der Waals surface area contributed by atoms with Gasteiger partial charge in [-0.15, -0.1) is 0 Å². The summed E-state index contributed by atoms with van der Waals surface area (Å²) in [5, 5.41) is 0. The van der Waals surface area contributed by atoms with Crippen molar-refractivity contribution in [3.8, 4) is 0 Å². The Morgan fingerprint density at radius 1 is 0.242 bits per heavy atom. The van der Waals surface area contributed by atoms with E-state index in [1.807, 2.05) is 11.4 Å². The van der Waals surface area contributed by atoms with E-state index in [9.17, 15) is 0 Å². The first-order valence-corrected chi connectivity index (χ1v) is 33.4. The van der Waals surface area contributed by atoms with Gasteiger partial charge in [0.2, 0.25) is 5.69 Å². The van der Waals surface area contributed by atoms with Crippen LogP contribution in [0.1, 0.15) is 348 Å². The molecule has 62 heavy (non-hydrogen) atoms. The van der Waals surface area contributed by atoms with Crippen LogP contribution in [0.5, 0.6) is 0 Å². The molecule has 2 nitrogen and oxygen atoms in total. The second-order valence-corrected chi connectivity index (χ2v) is 26.3. The van der Waals surface area contributed by atoms with Crippen LogP contribution in [0.2, 0.25) is 0 Å². The minimum Gasteiger partial charge on any atom is -0.322 e. The van der Waals surface area contributed by atoms with Crippen LogP contribution < -0.4 is 0 Å². The summed E-state index contributed by atoms with van der Waals surface area (Å²) in [6.45, 7) is 8.51. The van der Waals surface area contributed by atoms with Crippen molar-refractivity contribution in [3.63, 3.8) is 0 Å². The van der Waals surface area contributed by atoms with E-state index in [-0.39, 0.29) is 0 Å². The fourth-order valence-corrected chi connectivity index (χ4v) is 13.7. The van der Waals surface area contributed by atoms with E-state index in [2.05, 4.69) is 20.8 Å². The van der Waals surface area contributed by atoms with E-state index >= 15 is 0 Å². The monoisotopic (exact) mass is 929 g/mol. The fourth-order valence-electron chi connectivity index (χ4n) is 9.12. The molecular formula is C57H117O2PS2. The van der Waals surface area contributed by atoms with Crippen LogP contribution in [0.3, 0.4) is 0 Å². The number of hydrogen-bond acceptors (Lipinski definition) is 4. The van der Waals surface area contributed by atoms with Crippen LogP contribution in [-0.4, -0.2) is 19.0 Å². The van der Waals surface area contributed by atoms with Crippen molar-refractivity contribution in [2.24, 2.45) is 0 Å². The van der Waals surface area contributed by atoms with Crippen molar-refractivity contribution in [3.05, 3.63) is 0 Å². The van der Waals surface area contributed by atoms with Gasteiger partial charge < -0.3 is 9.05 Å². The maximum Gasteiger partial charge on any atom is 0.247 e. The molecule has 0 radical (unpaired) electrons. The van der Waals surface area contributed by atoms with Gasteiger partial charge in [0.05, 0.1) is 13.2 Å². The molecule has 374 valence electrons. The van der Waals surface area contributed by atoms with Crippen LogP contribution >= 0.6 is 17.1 Å². The Balaban J connectivity index is 4.08. The minimum atomic E-state index is -2.24. The summed E-state index contributed by atoms with van der Waals surface area (Å²) in [6.07, 6.45) is 71.9. The molecule has 0 fully saturated rings. The first-order valence-electron chi connectivity index (χ1n) is 29.2. The first-order chi connectivity index (χ1) is 30.7. The predicted octanol–water partition coefficient (Wildman–Crippen LogP) is 22.9. The second kappa shape index (κ2) is 56.2. The van der Waals surface area contributed by atoms with Crippen molar-refractivity contribution in [1.29, 1.82) is 0 Å². The Bertz CT molecular complexity index is 735. The molecule has 5 heteroatoms. The van der Waals surface area contributed by atoms with Gasteiger partial charge in [-0.25, -0.2) is 0 Å². The Morgan fingerprint density at radius 2 is 0.403 bits per heavy atom. The summed E-state index contributed by atoms with van der Waals surface area (Å²) >= 11 is 8.05. The summed E-state index contributed by atoms with van der Waals surface area (Å²) in [4.78, 5) is 0. The van der Waals surface area contributed by atoms with Gasteiger partial charge in [0.1, 0.15) is 0 Å². The van der Waals surface area contributed by atoms with Gasteiger partial charge in [0.25, 0.3) is 0 Å². The molecule has 0 saturated carbocycles. The lowest BCUT2D eigenvalue weighted by Gasteiger charge is -2.21. The Morgan fingerprint density at radius 3 is 0.597 bits per heavy atom. The largest absolute Gasteiger partial charge is 0.322 e. The van der Waals surface area contributed by atoms with Gasteiger partial charge in [0, 0.05) is 5.75 Å². The quantitative estimate of drug-likeness (QED) is 0.0447. The molecule has 0 amide bonds. The molecule has 0 aliphatic heterocycles. The van der Waals surface area contributed by atoms with Gasteiger partial charge in [-0.3, -0.25) is 0 Å². The molecule has 0 aliphatic rings. The van der Waals surface area contributed by atoms with Crippen LogP contribution in [0, 0.1) is 0 Å². The molecule has 0 N–H and O–H groups in total. The molecule has 0 aromatic heterocycles. The highest BCUT2D eigenvalue weighted by molar-refractivity contribution is 8.67. The summed E-state index contributed by atoms with van der Waals surface area (Å²) in [6, 6.07) is 0. The predicted molar refractivity (Wildman–Crippen MR) is 291 cm³/mol. The topological polar surface area (TPSA) is 18.5 Å². The number of unbranched alkanes of at least 4 members (excludes halogenated alkanes) is 48. The summed E-state index contributed by atoms with van der Waals surface area (Å²) < 4.78 is 13.0. The summed E-state index contributed by atoms with van der Waals surface area (Å²) in [5.41, 5.74) is -2.24. The molecule has 0 saturated heterocycles. The van der Waals surface area contributed by atoms with Crippen LogP contribution in [0.4, 0.5) is 0 Å². The lowest BCUT2D eigenvalue weighted by Crippen LogP contribution is -1.98. The van der Waals surface area contributed by atoms with Gasteiger partial charge >= 0.3 is 0 Å². The molecule has 0 aromatic carbocycles. The maximum atomic E-state index is 6.49. The fraction of sp³-hybridized carbons (Fsp3) is 1.00. The SMILES string of the molecule is CCCCCCCCCCCCCCCCCCCOP(=S)(OCCCCCCCCCCCCCCCCCCC)SCCCCCCCCCCCCCCCCCCC. The molecule has 0 aliphatic carbocycles. The van der Waals surface area contributed by atoms with Gasteiger partial charge in [-0.2, -0.15) is 0 Å². The van der Waals surface area contributed by atoms with Crippen molar-refractivity contribution in [2.75, 3.05) is 19.0 Å². The zero-order valence-corrected chi connectivity index (χ0v) is 45.8. The molecule has 0 aromatic rings. The average molecular weight is 930 g/mol. The highest BCUT2D eigenvalue weighted by atomic mass is 32.9. The maximum absolute atomic E-state index is 6.49. The van der Waals surface area contributed by atoms with Crippen molar-refractivity contribution < 1.29 is 9.05 Å². The van der Waals surface area contributed by atoms with Crippen LogP contribution in [-0.2, 0) is 20.9 Å². The van der Waals surface area contributed by atoms with Crippen molar-refractivity contribution >= 4 is 28.9 Å². The number of hydrogen-bond donors (Lipinski definition) is 0. The van der Waals surface area contributed by atoms with Crippen LogP contribution in [0.25, 0.3) is 0 Å². The zero-order chi connectivity index (χ0) is 44.8. The van der Waals surface area contributed by atoms with E-state index in [4.69, 9.17) is 20.9 Å². The molecule has 0 bridgehead atoms. The van der Waals surface area contributed by atoms with E-state index < -0.39 is 5.69 Å². The third-order valence-electron chi connectivity index (χ3n) is 13.5. The molecule has 0 atom stereocenters. The minimum absolute atomic E-state index is 0.793. The van der Waals surface area contributed by atoms with Crippen molar-refractivity contribution in [1.82, 2.24) is 0 Å². The van der Waals surface area contributed by atoms with E-state index in [1.165, 1.54) is 315 Å². The van der Waals surface area contributed by atoms with E-state index in [0.717, 1.165) is 31.8 Å². The van der Waals surface area contributed by atoms with Crippen molar-refractivity contribution in [2.45, 2.75) is 348 Å². The molecule has 0 unspecified atom stereocenters. The Labute approximate surface area is 403 Å². The highest BCUT2D eigenvalue weighted by Gasteiger charge is 2.19. The third kappa shape index (κ3) is 53.5. The lowest BCUT2D eigenvalue weighted by atomic mass is 10.0. The third-order valence-corrected chi connectivity index (χ3v) is 19.0. The van der Waals surface area contributed by atoms with Crippen LogP contribution in [0.15, 0.2) is 0 Å². The standard InChI is InChI=1S/C57H117O2PS2/c1-4-7-10-13-16-19-22-25-28-31-34-37-40-43-46-49-52-55-58-60(61,59-56-53-50-47-44-41-38-35-32-29-26-23-20-17-14-11-8-5-2)62-57-54-51-48-45-42-39-36-33-30-27-24-21-18-15-12-9-6-3/h4-57H2,1-3H3. The molecule has 0 heterocycles. The smallest absolute Gasteiger partial charge is 0.247 e. The average Bonchev–Trinajstić information content (AvgIpc) is 3.28. The Hall–Kier alpha value is 0.920. The zero-order valence-electron chi connectivity index (χ0n) is 43.3. The Kier molecular flexibility index (Phi) is 57.1. The van der Waals surface area contributed by atoms with Gasteiger partial charge in [-0.1, -0.05) is 340 Å². The van der Waals surface area contributed by atoms with Gasteiger partial charge in [0.15, 0.2) is 0 Å². The highest BCUT2D eigenvalue weighted by Crippen LogP contribution is 2.61. The molecule has 0 spiro atoms. The molecular weight excluding hydrogens is 812 g/mol. The van der Waals surface area contributed by atoms with Gasteiger partial charge in [-0.05, 0) is 31.1 Å². The summed E-state index contributed by atoms with van der Waals surface area (Å²) in [5.74, 6) is 1.11. The first kappa shape index (κ1) is 62.9. The van der Waals surface area contributed by atoms with E-state index in [0.29, 0.717) is 0 Å². The second-order valence-electron chi connectivity index (χ2n) is 19.9. The molecule has 0 rings (SSSR count). The van der Waals surface area contributed by atoms with E-state index in [1.54, 1.807) is 0 Å². The number of rotatable bonds is 57. The normalized spacial score (nSPS) is 12.0. The lowest BCUT2D eigenvalue weighted by molar-refractivity contribution is 0.249. The summed E-state index contributed by atoms with van der Waals surface area (Å²) in [7, 11) is 0.